The molecule has 0 aliphatic carbocycles. The van der Waals surface area contributed by atoms with Gasteiger partial charge in [-0.3, -0.25) is 9.59 Å². The van der Waals surface area contributed by atoms with Crippen molar-refractivity contribution in [3.63, 3.8) is 0 Å². The summed E-state index contributed by atoms with van der Waals surface area (Å²) in [5.41, 5.74) is 0. The van der Waals surface area contributed by atoms with Crippen molar-refractivity contribution in [2.45, 2.75) is 392 Å². The third kappa shape index (κ3) is 63.1. The zero-order valence-electron chi connectivity index (χ0n) is 52.0. The van der Waals surface area contributed by atoms with E-state index in [1.165, 1.54) is 308 Å². The van der Waals surface area contributed by atoms with E-state index in [-0.39, 0.29) is 18.5 Å². The number of allylic oxidation sites excluding steroid dienone is 5. The normalized spacial score (nSPS) is 12.7. The van der Waals surface area contributed by atoms with Gasteiger partial charge < -0.3 is 20.3 Å². The fourth-order valence-electron chi connectivity index (χ4n) is 10.8. The van der Waals surface area contributed by atoms with Crippen LogP contribution in [0.1, 0.15) is 380 Å². The van der Waals surface area contributed by atoms with Gasteiger partial charge >= 0.3 is 5.97 Å². The molecule has 0 saturated carbocycles. The highest BCUT2D eigenvalue weighted by molar-refractivity contribution is 5.76. The first-order chi connectivity index (χ1) is 38.0. The molecular weight excluding hydrogens is 947 g/mol. The van der Waals surface area contributed by atoms with Gasteiger partial charge in [0.25, 0.3) is 0 Å². The number of hydrogen-bond donors (Lipinski definition) is 3. The number of carbonyl (C=O) groups excluding carboxylic acids is 2. The van der Waals surface area contributed by atoms with Crippen molar-refractivity contribution >= 4 is 11.9 Å². The number of carbonyl (C=O) groups is 2. The van der Waals surface area contributed by atoms with E-state index in [0.717, 1.165) is 44.9 Å². The second kappa shape index (κ2) is 66.6. The van der Waals surface area contributed by atoms with E-state index < -0.39 is 12.1 Å². The molecule has 0 spiro atoms. The van der Waals surface area contributed by atoms with E-state index >= 15 is 0 Å². The molecule has 0 heterocycles. The summed E-state index contributed by atoms with van der Waals surface area (Å²) in [7, 11) is 0. The summed E-state index contributed by atoms with van der Waals surface area (Å²) in [6.45, 7) is 4.91. The molecule has 0 bridgehead atoms. The number of amides is 1. The second-order valence-electron chi connectivity index (χ2n) is 23.9. The van der Waals surface area contributed by atoms with Crippen LogP contribution in [-0.2, 0) is 14.3 Å². The lowest BCUT2D eigenvalue weighted by atomic mass is 10.0. The molecule has 454 valence electrons. The molecule has 0 saturated heterocycles. The van der Waals surface area contributed by atoms with Gasteiger partial charge in [0, 0.05) is 12.8 Å². The minimum absolute atomic E-state index is 0.00775. The SMILES string of the molecule is CCCCCC/C=C\CCCCCCCC(=O)OCCCCCCCCCCCCCC/C=C\CCCCCCCCCCCCCCCCC(=O)NC(CO)C(O)/C=C/CCCCCCCCCCCCCCCCC. The maximum atomic E-state index is 12.5. The molecule has 1 amide bonds. The molecule has 0 radical (unpaired) electrons. The van der Waals surface area contributed by atoms with Crippen LogP contribution in [0.4, 0.5) is 0 Å². The fourth-order valence-corrected chi connectivity index (χ4v) is 10.8. The molecular formula is C71H135NO5. The van der Waals surface area contributed by atoms with E-state index in [0.29, 0.717) is 19.4 Å². The van der Waals surface area contributed by atoms with Gasteiger partial charge in [-0.15, -0.1) is 0 Å². The molecule has 0 aromatic rings. The quantitative estimate of drug-likeness (QED) is 0.0320. The van der Waals surface area contributed by atoms with Crippen LogP contribution in [0.3, 0.4) is 0 Å². The van der Waals surface area contributed by atoms with Crippen LogP contribution < -0.4 is 5.32 Å². The lowest BCUT2D eigenvalue weighted by Gasteiger charge is -2.20. The summed E-state index contributed by atoms with van der Waals surface area (Å²) in [6.07, 6.45) is 85.1. The summed E-state index contributed by atoms with van der Waals surface area (Å²) in [6, 6.07) is -0.627. The zero-order valence-corrected chi connectivity index (χ0v) is 52.0. The third-order valence-corrected chi connectivity index (χ3v) is 16.1. The minimum atomic E-state index is -0.844. The van der Waals surface area contributed by atoms with E-state index in [1.807, 2.05) is 6.08 Å². The Bertz CT molecular complexity index is 1250. The molecule has 0 aliphatic heterocycles. The van der Waals surface area contributed by atoms with Crippen molar-refractivity contribution in [3.05, 3.63) is 36.5 Å². The average Bonchev–Trinajstić information content (AvgIpc) is 3.43. The van der Waals surface area contributed by atoms with Crippen molar-refractivity contribution in [1.82, 2.24) is 5.32 Å². The lowest BCUT2D eigenvalue weighted by Crippen LogP contribution is -2.45. The smallest absolute Gasteiger partial charge is 0.305 e. The fraction of sp³-hybridized carbons (Fsp3) is 0.887. The van der Waals surface area contributed by atoms with Crippen LogP contribution in [-0.4, -0.2) is 47.4 Å². The van der Waals surface area contributed by atoms with Crippen molar-refractivity contribution < 1.29 is 24.5 Å². The summed E-state index contributed by atoms with van der Waals surface area (Å²) in [5, 5.41) is 23.2. The number of unbranched alkanes of at least 4 members (excludes halogenated alkanes) is 50. The first kappa shape index (κ1) is 75.1. The summed E-state index contributed by atoms with van der Waals surface area (Å²) in [4.78, 5) is 24.5. The van der Waals surface area contributed by atoms with Gasteiger partial charge in [0.15, 0.2) is 0 Å². The Morgan fingerprint density at radius 2 is 0.610 bits per heavy atom. The molecule has 77 heavy (non-hydrogen) atoms. The van der Waals surface area contributed by atoms with Crippen LogP contribution in [0.2, 0.25) is 0 Å². The highest BCUT2D eigenvalue weighted by Crippen LogP contribution is 2.18. The Morgan fingerprint density at radius 3 is 0.935 bits per heavy atom. The van der Waals surface area contributed by atoms with E-state index in [9.17, 15) is 19.8 Å². The van der Waals surface area contributed by atoms with Crippen molar-refractivity contribution in [2.75, 3.05) is 13.2 Å². The van der Waals surface area contributed by atoms with Gasteiger partial charge in [-0.2, -0.15) is 0 Å². The summed E-state index contributed by atoms with van der Waals surface area (Å²) < 4.78 is 5.48. The molecule has 3 N–H and O–H groups in total. The van der Waals surface area contributed by atoms with E-state index in [1.54, 1.807) is 6.08 Å². The third-order valence-electron chi connectivity index (χ3n) is 16.1. The number of hydrogen-bond acceptors (Lipinski definition) is 5. The molecule has 2 unspecified atom stereocenters. The highest BCUT2D eigenvalue weighted by atomic mass is 16.5. The monoisotopic (exact) mass is 1080 g/mol. The number of rotatable bonds is 65. The van der Waals surface area contributed by atoms with Crippen LogP contribution in [0, 0.1) is 0 Å². The molecule has 0 fully saturated rings. The van der Waals surface area contributed by atoms with Crippen molar-refractivity contribution in [1.29, 1.82) is 0 Å². The first-order valence-electron chi connectivity index (χ1n) is 34.8. The summed E-state index contributed by atoms with van der Waals surface area (Å²) in [5.74, 6) is -0.0561. The number of aliphatic hydroxyl groups excluding tert-OH is 2. The zero-order chi connectivity index (χ0) is 55.7. The van der Waals surface area contributed by atoms with Crippen LogP contribution in [0.25, 0.3) is 0 Å². The van der Waals surface area contributed by atoms with Gasteiger partial charge in [-0.1, -0.05) is 320 Å². The Hall–Kier alpha value is -1.92. The molecule has 0 aromatic carbocycles. The van der Waals surface area contributed by atoms with Gasteiger partial charge in [-0.25, -0.2) is 0 Å². The van der Waals surface area contributed by atoms with Crippen LogP contribution in [0.5, 0.6) is 0 Å². The highest BCUT2D eigenvalue weighted by Gasteiger charge is 2.18. The van der Waals surface area contributed by atoms with Crippen LogP contribution in [0.15, 0.2) is 36.5 Å². The second-order valence-corrected chi connectivity index (χ2v) is 23.9. The number of aliphatic hydroxyl groups is 2. The molecule has 2 atom stereocenters. The molecule has 0 rings (SSSR count). The Kier molecular flexibility index (Phi) is 64.9. The summed E-state index contributed by atoms with van der Waals surface area (Å²) >= 11 is 0. The number of nitrogens with one attached hydrogen (secondary N) is 1. The van der Waals surface area contributed by atoms with Crippen LogP contribution >= 0.6 is 0 Å². The molecule has 6 nitrogen and oxygen atoms in total. The number of esters is 1. The lowest BCUT2D eigenvalue weighted by molar-refractivity contribution is -0.143. The Labute approximate surface area is 481 Å². The van der Waals surface area contributed by atoms with Crippen molar-refractivity contribution in [3.8, 4) is 0 Å². The minimum Gasteiger partial charge on any atom is -0.466 e. The molecule has 0 aliphatic rings. The molecule has 6 heteroatoms. The first-order valence-corrected chi connectivity index (χ1v) is 34.8. The largest absolute Gasteiger partial charge is 0.466 e. The van der Waals surface area contributed by atoms with Gasteiger partial charge in [0.2, 0.25) is 5.91 Å². The average molecular weight is 1080 g/mol. The molecule has 0 aromatic heterocycles. The Balaban J connectivity index is 3.39. The van der Waals surface area contributed by atoms with E-state index in [4.69, 9.17) is 4.74 Å². The van der Waals surface area contributed by atoms with Crippen molar-refractivity contribution in [2.24, 2.45) is 0 Å². The van der Waals surface area contributed by atoms with Gasteiger partial charge in [0.05, 0.1) is 25.4 Å². The van der Waals surface area contributed by atoms with Gasteiger partial charge in [0.1, 0.15) is 0 Å². The topological polar surface area (TPSA) is 95.9 Å². The Morgan fingerprint density at radius 1 is 0.351 bits per heavy atom. The maximum Gasteiger partial charge on any atom is 0.305 e. The predicted molar refractivity (Wildman–Crippen MR) is 338 cm³/mol. The van der Waals surface area contributed by atoms with E-state index in [2.05, 4.69) is 43.5 Å². The predicted octanol–water partition coefficient (Wildman–Crippen LogP) is 22.3. The van der Waals surface area contributed by atoms with Gasteiger partial charge in [-0.05, 0) is 83.5 Å². The number of ether oxygens (including phenoxy) is 1. The maximum absolute atomic E-state index is 12.5. The standard InChI is InChI=1S/C71H135NO5/c1-3-5-7-9-11-13-15-17-18-33-36-40-43-47-51-55-59-63-69(74)68(67-73)72-70(75)64-60-56-52-48-44-41-37-34-31-29-27-25-23-21-19-20-22-24-26-28-30-32-35-38-42-46-50-54-58-62-66-77-71(76)65-61-57-53-49-45-39-16-14-12-10-8-6-4-2/h14,16,20,22,59,63,68-69,73-74H,3-13,15,17-19,21,23-58,60-62,64-67H2,1-2H3,(H,72,75)/b16-14-,22-20-,63-59+.